The van der Waals surface area contributed by atoms with Crippen molar-refractivity contribution >= 4 is 0 Å². The summed E-state index contributed by atoms with van der Waals surface area (Å²) in [6.07, 6.45) is 3.48. The summed E-state index contributed by atoms with van der Waals surface area (Å²) in [5.41, 5.74) is 2.13. The summed E-state index contributed by atoms with van der Waals surface area (Å²) in [6, 6.07) is 6.06. The molecule has 106 valence electrons. The maximum atomic E-state index is 10.0. The number of rotatable bonds is 5. The van der Waals surface area contributed by atoms with Gasteiger partial charge in [-0.25, -0.2) is 0 Å². The number of benzene rings is 1. The fraction of sp³-hybridized carbons (Fsp3) is 0.625. The van der Waals surface area contributed by atoms with Gasteiger partial charge in [-0.05, 0) is 56.4 Å². The van der Waals surface area contributed by atoms with Gasteiger partial charge < -0.3 is 14.6 Å². The highest BCUT2D eigenvalue weighted by atomic mass is 16.5. The molecular formula is C16H24O3. The highest BCUT2D eigenvalue weighted by molar-refractivity contribution is 5.38. The van der Waals surface area contributed by atoms with E-state index in [1.54, 1.807) is 7.11 Å². The number of hydrogen-bond acceptors (Lipinski definition) is 3. The lowest BCUT2D eigenvalue weighted by atomic mass is 9.89. The van der Waals surface area contributed by atoms with Gasteiger partial charge in [0.1, 0.15) is 5.75 Å². The second-order valence-corrected chi connectivity index (χ2v) is 5.83. The van der Waals surface area contributed by atoms with E-state index in [-0.39, 0.29) is 11.7 Å². The lowest BCUT2D eigenvalue weighted by Crippen LogP contribution is -2.25. The molecule has 3 nitrogen and oxygen atoms in total. The number of aliphatic hydroxyl groups excluding tert-OH is 1. The molecule has 1 aliphatic rings. The fourth-order valence-corrected chi connectivity index (χ4v) is 2.36. The van der Waals surface area contributed by atoms with Gasteiger partial charge in [-0.1, -0.05) is 6.07 Å². The van der Waals surface area contributed by atoms with E-state index in [1.807, 2.05) is 26.0 Å². The van der Waals surface area contributed by atoms with Crippen molar-refractivity contribution in [3.63, 3.8) is 0 Å². The Labute approximate surface area is 115 Å². The van der Waals surface area contributed by atoms with Crippen LogP contribution in [0.5, 0.6) is 5.75 Å². The number of ether oxygens (including phenoxy) is 2. The molecule has 19 heavy (non-hydrogen) atoms. The maximum absolute atomic E-state index is 10.0. The molecule has 0 saturated carbocycles. The molecule has 1 N–H and O–H groups in total. The third-order valence-electron chi connectivity index (χ3n) is 3.93. The van der Waals surface area contributed by atoms with Crippen LogP contribution in [0.3, 0.4) is 0 Å². The van der Waals surface area contributed by atoms with Crippen LogP contribution < -0.4 is 4.74 Å². The number of hydrogen-bond donors (Lipinski definition) is 1. The smallest absolute Gasteiger partial charge is 0.119 e. The average molecular weight is 264 g/mol. The van der Waals surface area contributed by atoms with Crippen molar-refractivity contribution in [1.82, 2.24) is 0 Å². The van der Waals surface area contributed by atoms with E-state index in [2.05, 4.69) is 6.07 Å². The van der Waals surface area contributed by atoms with E-state index in [0.717, 1.165) is 37.0 Å². The average Bonchev–Trinajstić information content (AvgIpc) is 2.39. The van der Waals surface area contributed by atoms with Crippen molar-refractivity contribution in [3.05, 3.63) is 29.3 Å². The number of aliphatic hydroxyl groups is 1. The second kappa shape index (κ2) is 5.93. The van der Waals surface area contributed by atoms with Crippen LogP contribution >= 0.6 is 0 Å². The summed E-state index contributed by atoms with van der Waals surface area (Å²) < 4.78 is 11.1. The molecule has 0 saturated heterocycles. The van der Waals surface area contributed by atoms with E-state index < -0.39 is 0 Å². The van der Waals surface area contributed by atoms with E-state index in [9.17, 15) is 5.11 Å². The van der Waals surface area contributed by atoms with E-state index >= 15 is 0 Å². The van der Waals surface area contributed by atoms with Crippen LogP contribution in [0.15, 0.2) is 18.2 Å². The normalized spacial score (nSPS) is 19.1. The molecular weight excluding hydrogens is 240 g/mol. The molecule has 2 rings (SSSR count). The zero-order valence-electron chi connectivity index (χ0n) is 12.1. The molecule has 0 bridgehead atoms. The third-order valence-corrected chi connectivity index (χ3v) is 3.93. The Morgan fingerprint density at radius 1 is 1.37 bits per heavy atom. The Morgan fingerprint density at radius 3 is 2.89 bits per heavy atom. The van der Waals surface area contributed by atoms with Crippen LogP contribution in [-0.2, 0) is 11.2 Å². The van der Waals surface area contributed by atoms with Crippen LogP contribution in [0.25, 0.3) is 0 Å². The Balaban J connectivity index is 1.97. The van der Waals surface area contributed by atoms with Crippen molar-refractivity contribution in [1.29, 1.82) is 0 Å². The van der Waals surface area contributed by atoms with Gasteiger partial charge in [0, 0.05) is 13.5 Å². The summed E-state index contributed by atoms with van der Waals surface area (Å²) in [7, 11) is 1.72. The van der Waals surface area contributed by atoms with Crippen LogP contribution in [0.2, 0.25) is 0 Å². The van der Waals surface area contributed by atoms with Crippen molar-refractivity contribution in [2.45, 2.75) is 51.2 Å². The molecule has 0 radical (unpaired) electrons. The SMILES string of the molecule is COC(C)(C)CCOc1ccc2c(c1)[C@H](O)CCC2. The Hall–Kier alpha value is -1.06. The Kier molecular flexibility index (Phi) is 4.48. The summed E-state index contributed by atoms with van der Waals surface area (Å²) in [6.45, 7) is 4.72. The van der Waals surface area contributed by atoms with Gasteiger partial charge in [0.05, 0.1) is 18.3 Å². The highest BCUT2D eigenvalue weighted by Crippen LogP contribution is 2.32. The van der Waals surface area contributed by atoms with Gasteiger partial charge in [-0.2, -0.15) is 0 Å². The van der Waals surface area contributed by atoms with Crippen LogP contribution in [0.4, 0.5) is 0 Å². The number of methoxy groups -OCH3 is 1. The minimum absolute atomic E-state index is 0.159. The predicted molar refractivity (Wildman–Crippen MR) is 75.5 cm³/mol. The molecule has 0 heterocycles. The van der Waals surface area contributed by atoms with Gasteiger partial charge in [0.15, 0.2) is 0 Å². The first-order chi connectivity index (χ1) is 9.02. The van der Waals surface area contributed by atoms with Crippen molar-refractivity contribution in [3.8, 4) is 5.75 Å². The molecule has 0 fully saturated rings. The standard InChI is InChI=1S/C16H24O3/c1-16(2,18-3)9-10-19-13-8-7-12-5-4-6-15(17)14(12)11-13/h7-8,11,15,17H,4-6,9-10H2,1-3H3/t15-/m1/s1. The molecule has 3 heteroatoms. The lowest BCUT2D eigenvalue weighted by Gasteiger charge is -2.24. The zero-order valence-corrected chi connectivity index (χ0v) is 12.1. The molecule has 0 amide bonds. The van der Waals surface area contributed by atoms with Gasteiger partial charge >= 0.3 is 0 Å². The molecule has 0 spiro atoms. The summed E-state index contributed by atoms with van der Waals surface area (Å²) in [4.78, 5) is 0. The largest absolute Gasteiger partial charge is 0.493 e. The fourth-order valence-electron chi connectivity index (χ4n) is 2.36. The molecule has 1 aliphatic carbocycles. The number of fused-ring (bicyclic) bond motifs is 1. The van der Waals surface area contributed by atoms with Crippen molar-refractivity contribution in [2.75, 3.05) is 13.7 Å². The first kappa shape index (κ1) is 14.4. The van der Waals surface area contributed by atoms with Crippen LogP contribution in [0.1, 0.15) is 50.3 Å². The molecule has 1 aromatic rings. The molecule has 1 aromatic carbocycles. The predicted octanol–water partition coefficient (Wildman–Crippen LogP) is 3.25. The Morgan fingerprint density at radius 2 is 2.16 bits per heavy atom. The quantitative estimate of drug-likeness (QED) is 0.887. The molecule has 1 atom stereocenters. The van der Waals surface area contributed by atoms with Crippen LogP contribution in [0, 0.1) is 0 Å². The lowest BCUT2D eigenvalue weighted by molar-refractivity contribution is 0.00542. The molecule has 0 aliphatic heterocycles. The molecule has 0 aromatic heterocycles. The van der Waals surface area contributed by atoms with E-state index in [0.29, 0.717) is 6.61 Å². The zero-order chi connectivity index (χ0) is 13.9. The minimum Gasteiger partial charge on any atom is -0.493 e. The summed E-state index contributed by atoms with van der Waals surface area (Å²) in [5.74, 6) is 0.839. The minimum atomic E-state index is -0.331. The van der Waals surface area contributed by atoms with Gasteiger partial charge in [-0.3, -0.25) is 0 Å². The molecule has 0 unspecified atom stereocenters. The van der Waals surface area contributed by atoms with Gasteiger partial charge in [0.2, 0.25) is 0 Å². The number of aryl methyl sites for hydroxylation is 1. The van der Waals surface area contributed by atoms with Crippen molar-refractivity contribution < 1.29 is 14.6 Å². The van der Waals surface area contributed by atoms with E-state index in [4.69, 9.17) is 9.47 Å². The van der Waals surface area contributed by atoms with E-state index in [1.165, 1.54) is 5.56 Å². The third kappa shape index (κ3) is 3.71. The summed E-state index contributed by atoms with van der Waals surface area (Å²) >= 11 is 0. The van der Waals surface area contributed by atoms with Gasteiger partial charge in [-0.15, -0.1) is 0 Å². The first-order valence-corrected chi connectivity index (χ1v) is 7.01. The maximum Gasteiger partial charge on any atom is 0.119 e. The first-order valence-electron chi connectivity index (χ1n) is 7.01. The van der Waals surface area contributed by atoms with Gasteiger partial charge in [0.25, 0.3) is 0 Å². The summed E-state index contributed by atoms with van der Waals surface area (Å²) in [5, 5.41) is 10.0. The Bertz CT molecular complexity index is 426. The van der Waals surface area contributed by atoms with Crippen molar-refractivity contribution in [2.24, 2.45) is 0 Å². The monoisotopic (exact) mass is 264 g/mol. The second-order valence-electron chi connectivity index (χ2n) is 5.83. The topological polar surface area (TPSA) is 38.7 Å². The highest BCUT2D eigenvalue weighted by Gasteiger charge is 2.19. The van der Waals surface area contributed by atoms with Crippen LogP contribution in [-0.4, -0.2) is 24.4 Å².